The van der Waals surface area contributed by atoms with E-state index in [0.29, 0.717) is 28.0 Å². The van der Waals surface area contributed by atoms with Gasteiger partial charge in [0.05, 0.1) is 0 Å². The monoisotopic (exact) mass is 439 g/mol. The number of carbonyl (C=O) groups excluding carboxylic acids is 2. The Morgan fingerprint density at radius 3 is 2.47 bits per heavy atom. The lowest BCUT2D eigenvalue weighted by Gasteiger charge is -2.34. The first-order valence-electron chi connectivity index (χ1n) is 10.1. The predicted molar refractivity (Wildman–Crippen MR) is 112 cm³/mol. The van der Waals surface area contributed by atoms with E-state index in [1.807, 2.05) is 25.1 Å². The molecule has 32 heavy (non-hydrogen) atoms. The van der Waals surface area contributed by atoms with Gasteiger partial charge in [-0.2, -0.15) is 18.4 Å². The molecule has 0 saturated carbocycles. The summed E-state index contributed by atoms with van der Waals surface area (Å²) < 4.78 is 37.9. The number of fused-ring (bicyclic) bond motifs is 2. The minimum atomic E-state index is -4.28. The van der Waals surface area contributed by atoms with Crippen LogP contribution in [0.4, 0.5) is 18.9 Å². The summed E-state index contributed by atoms with van der Waals surface area (Å²) in [6.45, 7) is 1.92. The van der Waals surface area contributed by atoms with Gasteiger partial charge < -0.3 is 10.2 Å². The number of nitrogens with one attached hydrogen (secondary N) is 1. The second kappa shape index (κ2) is 7.52. The molecule has 1 atom stereocenters. The standard InChI is InChI=1S/C24H20F3N3O2/c1-14-3-6-16(7-4-14)17-12-23(29-21(31)18(17)13-28)19-8-5-15(9-10-24(25,26)27)11-20(19)30(2)22(23)32/h3-8,11H,9-10,12H2,1-2H3,(H,29,31). The SMILES string of the molecule is Cc1ccc(C2=C(C#N)C(=O)NC3(C2)C(=O)N(C)c2cc(CCC(F)(F)F)ccc23)cc1. The highest BCUT2D eigenvalue weighted by Crippen LogP contribution is 2.47. The van der Waals surface area contributed by atoms with E-state index in [9.17, 15) is 28.0 Å². The number of halogens is 3. The fourth-order valence-corrected chi connectivity index (χ4v) is 4.37. The lowest BCUT2D eigenvalue weighted by Crippen LogP contribution is -2.55. The zero-order valence-corrected chi connectivity index (χ0v) is 17.5. The molecule has 1 unspecified atom stereocenters. The summed E-state index contributed by atoms with van der Waals surface area (Å²) in [6.07, 6.45) is -5.37. The first-order chi connectivity index (χ1) is 15.1. The molecule has 0 fully saturated rings. The molecular formula is C24H20F3N3O2. The molecule has 0 aromatic heterocycles. The van der Waals surface area contributed by atoms with Gasteiger partial charge in [-0.25, -0.2) is 0 Å². The van der Waals surface area contributed by atoms with E-state index in [2.05, 4.69) is 5.32 Å². The normalized spacial score (nSPS) is 20.4. The van der Waals surface area contributed by atoms with Gasteiger partial charge in [-0.3, -0.25) is 9.59 Å². The van der Waals surface area contributed by atoms with Gasteiger partial charge in [0.15, 0.2) is 5.54 Å². The summed E-state index contributed by atoms with van der Waals surface area (Å²) in [5.41, 5.74) is 2.10. The summed E-state index contributed by atoms with van der Waals surface area (Å²) in [6, 6.07) is 14.0. The molecule has 0 saturated heterocycles. The van der Waals surface area contributed by atoms with Crippen molar-refractivity contribution >= 4 is 23.1 Å². The highest BCUT2D eigenvalue weighted by atomic mass is 19.4. The molecule has 2 aromatic carbocycles. The van der Waals surface area contributed by atoms with Crippen LogP contribution in [0, 0.1) is 18.3 Å². The fraction of sp³-hybridized carbons (Fsp3) is 0.292. The number of likely N-dealkylation sites (N-methyl/N-ethyl adjacent to an activating group) is 1. The van der Waals surface area contributed by atoms with E-state index >= 15 is 0 Å². The molecule has 2 heterocycles. The van der Waals surface area contributed by atoms with Crippen molar-refractivity contribution in [2.75, 3.05) is 11.9 Å². The van der Waals surface area contributed by atoms with Crippen LogP contribution in [0.2, 0.25) is 0 Å². The Balaban J connectivity index is 1.78. The Bertz CT molecular complexity index is 1190. The third kappa shape index (κ3) is 3.54. The van der Waals surface area contributed by atoms with Crippen molar-refractivity contribution in [2.45, 2.75) is 37.9 Å². The van der Waals surface area contributed by atoms with Gasteiger partial charge in [-0.15, -0.1) is 0 Å². The molecule has 0 bridgehead atoms. The number of anilines is 1. The van der Waals surface area contributed by atoms with Crippen LogP contribution >= 0.6 is 0 Å². The number of alkyl halides is 3. The summed E-state index contributed by atoms with van der Waals surface area (Å²) in [5.74, 6) is -1.04. The topological polar surface area (TPSA) is 73.2 Å². The van der Waals surface area contributed by atoms with Crippen molar-refractivity contribution in [1.82, 2.24) is 5.32 Å². The van der Waals surface area contributed by atoms with Crippen molar-refractivity contribution in [3.63, 3.8) is 0 Å². The van der Waals surface area contributed by atoms with E-state index in [-0.39, 0.29) is 18.4 Å². The summed E-state index contributed by atoms with van der Waals surface area (Å²) in [7, 11) is 1.53. The highest BCUT2D eigenvalue weighted by Gasteiger charge is 2.54. The Labute approximate surface area is 183 Å². The molecule has 1 N–H and O–H groups in total. The van der Waals surface area contributed by atoms with Crippen LogP contribution in [0.15, 0.2) is 48.0 Å². The Hall–Kier alpha value is -3.60. The smallest absolute Gasteiger partial charge is 0.333 e. The number of benzene rings is 2. The van der Waals surface area contributed by atoms with E-state index in [1.165, 1.54) is 11.9 Å². The van der Waals surface area contributed by atoms with Gasteiger partial charge in [0.25, 0.3) is 11.8 Å². The summed E-state index contributed by atoms with van der Waals surface area (Å²) in [5, 5.41) is 12.3. The van der Waals surface area contributed by atoms with Crippen LogP contribution in [-0.4, -0.2) is 25.0 Å². The Morgan fingerprint density at radius 2 is 1.84 bits per heavy atom. The van der Waals surface area contributed by atoms with Crippen LogP contribution < -0.4 is 10.2 Å². The van der Waals surface area contributed by atoms with Crippen LogP contribution in [0.1, 0.15) is 35.1 Å². The number of nitriles is 1. The van der Waals surface area contributed by atoms with Gasteiger partial charge in [0, 0.05) is 31.1 Å². The number of aryl methyl sites for hydroxylation is 2. The fourth-order valence-electron chi connectivity index (χ4n) is 4.37. The van der Waals surface area contributed by atoms with Crippen LogP contribution in [-0.2, 0) is 21.5 Å². The number of rotatable bonds is 3. The van der Waals surface area contributed by atoms with Crippen LogP contribution in [0.5, 0.6) is 0 Å². The number of carbonyl (C=O) groups is 2. The molecule has 0 radical (unpaired) electrons. The third-order valence-corrected chi connectivity index (χ3v) is 6.06. The first kappa shape index (κ1) is 21.6. The van der Waals surface area contributed by atoms with E-state index in [0.717, 1.165) is 5.56 Å². The maximum absolute atomic E-state index is 13.4. The zero-order valence-electron chi connectivity index (χ0n) is 17.5. The minimum absolute atomic E-state index is 0.0508. The minimum Gasteiger partial charge on any atom is -0.333 e. The van der Waals surface area contributed by atoms with Gasteiger partial charge in [0.1, 0.15) is 11.6 Å². The van der Waals surface area contributed by atoms with Crippen molar-refractivity contribution in [2.24, 2.45) is 0 Å². The molecular weight excluding hydrogens is 419 g/mol. The third-order valence-electron chi connectivity index (χ3n) is 6.06. The average Bonchev–Trinajstić information content (AvgIpc) is 2.93. The van der Waals surface area contributed by atoms with Crippen molar-refractivity contribution < 1.29 is 22.8 Å². The lowest BCUT2D eigenvalue weighted by molar-refractivity contribution is -0.134. The number of amides is 2. The first-order valence-corrected chi connectivity index (χ1v) is 10.1. The van der Waals surface area contributed by atoms with Crippen molar-refractivity contribution in [3.8, 4) is 6.07 Å². The van der Waals surface area contributed by atoms with Gasteiger partial charge in [-0.1, -0.05) is 42.0 Å². The van der Waals surface area contributed by atoms with Gasteiger partial charge in [0.2, 0.25) is 0 Å². The number of nitrogens with zero attached hydrogens (tertiary/aromatic N) is 2. The maximum Gasteiger partial charge on any atom is 0.389 e. The second-order valence-corrected chi connectivity index (χ2v) is 8.20. The van der Waals surface area contributed by atoms with Crippen LogP contribution in [0.25, 0.3) is 5.57 Å². The maximum atomic E-state index is 13.4. The van der Waals surface area contributed by atoms with E-state index < -0.39 is 30.0 Å². The number of hydrogen-bond acceptors (Lipinski definition) is 3. The highest BCUT2D eigenvalue weighted by molar-refractivity contribution is 6.16. The molecule has 2 aliphatic heterocycles. The zero-order chi connectivity index (χ0) is 23.3. The average molecular weight is 439 g/mol. The van der Waals surface area contributed by atoms with E-state index in [4.69, 9.17) is 0 Å². The Kier molecular flexibility index (Phi) is 5.08. The molecule has 2 aromatic rings. The molecule has 4 rings (SSSR count). The molecule has 5 nitrogen and oxygen atoms in total. The number of hydrogen-bond donors (Lipinski definition) is 1. The van der Waals surface area contributed by atoms with Crippen molar-refractivity contribution in [1.29, 1.82) is 5.26 Å². The van der Waals surface area contributed by atoms with Crippen molar-refractivity contribution in [3.05, 3.63) is 70.3 Å². The molecule has 164 valence electrons. The van der Waals surface area contributed by atoms with Gasteiger partial charge in [-0.05, 0) is 36.1 Å². The molecule has 8 heteroatoms. The largest absolute Gasteiger partial charge is 0.389 e. The summed E-state index contributed by atoms with van der Waals surface area (Å²) in [4.78, 5) is 27.6. The summed E-state index contributed by atoms with van der Waals surface area (Å²) >= 11 is 0. The van der Waals surface area contributed by atoms with Gasteiger partial charge >= 0.3 is 6.18 Å². The molecule has 0 aliphatic carbocycles. The second-order valence-electron chi connectivity index (χ2n) is 8.20. The molecule has 2 amide bonds. The Morgan fingerprint density at radius 1 is 1.16 bits per heavy atom. The quantitative estimate of drug-likeness (QED) is 0.781. The molecule has 2 aliphatic rings. The predicted octanol–water partition coefficient (Wildman–Crippen LogP) is 4.16. The van der Waals surface area contributed by atoms with Crippen LogP contribution in [0.3, 0.4) is 0 Å². The molecule has 1 spiro atoms. The lowest BCUT2D eigenvalue weighted by atomic mass is 9.77. The van der Waals surface area contributed by atoms with E-state index in [1.54, 1.807) is 30.3 Å².